The molecule has 1 heterocycles. The van der Waals surface area contributed by atoms with Crippen molar-refractivity contribution in [1.29, 1.82) is 0 Å². The number of hydrogen-bond donors (Lipinski definition) is 2. The van der Waals surface area contributed by atoms with E-state index in [0.717, 1.165) is 5.56 Å². The zero-order chi connectivity index (χ0) is 13.7. The third-order valence-electron chi connectivity index (χ3n) is 2.59. The molecule has 1 rings (SSSR count). The molecule has 18 heavy (non-hydrogen) atoms. The quantitative estimate of drug-likeness (QED) is 0.853. The number of carboxylic acid groups (broad SMARTS) is 1. The van der Waals surface area contributed by atoms with Crippen LogP contribution in [-0.2, 0) is 4.79 Å². The first-order valence-corrected chi connectivity index (χ1v) is 5.64. The highest BCUT2D eigenvalue weighted by atomic mass is 16.4. The smallest absolute Gasteiger partial charge is 0.326 e. The van der Waals surface area contributed by atoms with E-state index >= 15 is 0 Å². The first-order valence-electron chi connectivity index (χ1n) is 5.64. The van der Waals surface area contributed by atoms with Gasteiger partial charge in [-0.3, -0.25) is 4.98 Å². The van der Waals surface area contributed by atoms with E-state index in [4.69, 9.17) is 5.11 Å². The summed E-state index contributed by atoms with van der Waals surface area (Å²) >= 11 is 0. The zero-order valence-electron chi connectivity index (χ0n) is 10.7. The first kappa shape index (κ1) is 14.0. The lowest BCUT2D eigenvalue weighted by atomic mass is 10.2. The topological polar surface area (TPSA) is 82.5 Å². The maximum Gasteiger partial charge on any atom is 0.326 e. The molecule has 2 amide bonds. The summed E-state index contributed by atoms with van der Waals surface area (Å²) in [7, 11) is 1.46. The predicted molar refractivity (Wildman–Crippen MR) is 67.5 cm³/mol. The van der Waals surface area contributed by atoms with Crippen LogP contribution in [0.1, 0.15) is 18.9 Å². The number of carboxylic acids is 1. The van der Waals surface area contributed by atoms with Crippen LogP contribution in [0.4, 0.5) is 10.5 Å². The van der Waals surface area contributed by atoms with Crippen LogP contribution in [0.5, 0.6) is 0 Å². The van der Waals surface area contributed by atoms with Gasteiger partial charge in [-0.05, 0) is 25.0 Å². The van der Waals surface area contributed by atoms with E-state index in [0.29, 0.717) is 12.1 Å². The lowest BCUT2D eigenvalue weighted by Crippen LogP contribution is -2.44. The average Bonchev–Trinajstić information content (AvgIpc) is 2.29. The normalized spacial score (nSPS) is 11.7. The monoisotopic (exact) mass is 251 g/mol. The Labute approximate surface area is 106 Å². The van der Waals surface area contributed by atoms with Crippen molar-refractivity contribution in [2.24, 2.45) is 0 Å². The van der Waals surface area contributed by atoms with Gasteiger partial charge in [0.25, 0.3) is 0 Å². The molecule has 1 atom stereocenters. The summed E-state index contributed by atoms with van der Waals surface area (Å²) in [6, 6.07) is 0.472. The van der Waals surface area contributed by atoms with Gasteiger partial charge in [-0.15, -0.1) is 0 Å². The van der Waals surface area contributed by atoms with Crippen LogP contribution in [0, 0.1) is 6.92 Å². The molecule has 0 radical (unpaired) electrons. The molecule has 0 aromatic carbocycles. The summed E-state index contributed by atoms with van der Waals surface area (Å²) in [6.07, 6.45) is 3.54. The Bertz CT molecular complexity index is 448. The van der Waals surface area contributed by atoms with E-state index in [1.165, 1.54) is 18.1 Å². The molecular weight excluding hydrogens is 234 g/mol. The number of amides is 2. The third kappa shape index (κ3) is 3.44. The number of aliphatic carboxylic acids is 1. The van der Waals surface area contributed by atoms with E-state index in [2.05, 4.69) is 10.3 Å². The van der Waals surface area contributed by atoms with E-state index < -0.39 is 18.0 Å². The van der Waals surface area contributed by atoms with Crippen LogP contribution in [-0.4, -0.2) is 40.1 Å². The number of carbonyl (C=O) groups excluding carboxylic acids is 1. The van der Waals surface area contributed by atoms with Gasteiger partial charge in [0.05, 0.1) is 11.9 Å². The Balaban J connectivity index is 2.73. The molecule has 0 saturated carbocycles. The predicted octanol–water partition coefficient (Wildman–Crippen LogP) is 1.72. The van der Waals surface area contributed by atoms with Gasteiger partial charge in [0.2, 0.25) is 0 Å². The van der Waals surface area contributed by atoms with E-state index in [1.54, 1.807) is 19.2 Å². The van der Waals surface area contributed by atoms with Gasteiger partial charge in [-0.2, -0.15) is 0 Å². The van der Waals surface area contributed by atoms with Crippen LogP contribution in [0.2, 0.25) is 0 Å². The number of carbonyl (C=O) groups is 2. The molecule has 98 valence electrons. The molecule has 0 aliphatic carbocycles. The van der Waals surface area contributed by atoms with E-state index in [9.17, 15) is 9.59 Å². The maximum absolute atomic E-state index is 11.9. The Kier molecular flexibility index (Phi) is 4.65. The van der Waals surface area contributed by atoms with Gasteiger partial charge < -0.3 is 15.3 Å². The van der Waals surface area contributed by atoms with Crippen LogP contribution >= 0.6 is 0 Å². The van der Waals surface area contributed by atoms with Crippen molar-refractivity contribution < 1.29 is 14.7 Å². The number of aryl methyl sites for hydroxylation is 1. The molecule has 2 N–H and O–H groups in total. The summed E-state index contributed by atoms with van der Waals surface area (Å²) in [5, 5.41) is 11.6. The van der Waals surface area contributed by atoms with Gasteiger partial charge >= 0.3 is 12.0 Å². The minimum atomic E-state index is -1.02. The Morgan fingerprint density at radius 1 is 1.50 bits per heavy atom. The second kappa shape index (κ2) is 6.00. The first-order chi connectivity index (χ1) is 8.45. The lowest BCUT2D eigenvalue weighted by molar-refractivity contribution is -0.141. The number of pyridine rings is 1. The van der Waals surface area contributed by atoms with Crippen molar-refractivity contribution in [1.82, 2.24) is 9.88 Å². The molecule has 0 fully saturated rings. The van der Waals surface area contributed by atoms with Crippen molar-refractivity contribution in [2.75, 3.05) is 12.4 Å². The average molecular weight is 251 g/mol. The van der Waals surface area contributed by atoms with Gasteiger partial charge in [0, 0.05) is 13.2 Å². The number of urea groups is 1. The van der Waals surface area contributed by atoms with Crippen molar-refractivity contribution in [3.05, 3.63) is 24.0 Å². The van der Waals surface area contributed by atoms with Crippen LogP contribution in [0.15, 0.2) is 18.5 Å². The van der Waals surface area contributed by atoms with Crippen LogP contribution in [0.25, 0.3) is 0 Å². The number of rotatable bonds is 4. The van der Waals surface area contributed by atoms with Crippen molar-refractivity contribution >= 4 is 17.7 Å². The highest BCUT2D eigenvalue weighted by Crippen LogP contribution is 2.10. The van der Waals surface area contributed by atoms with Gasteiger partial charge in [0.1, 0.15) is 6.04 Å². The highest BCUT2D eigenvalue weighted by Gasteiger charge is 2.24. The van der Waals surface area contributed by atoms with Gasteiger partial charge in [-0.1, -0.05) is 6.92 Å². The summed E-state index contributed by atoms with van der Waals surface area (Å²) in [5.74, 6) is -1.02. The molecule has 1 aromatic rings. The molecule has 6 nitrogen and oxygen atoms in total. The minimum Gasteiger partial charge on any atom is -0.480 e. The molecule has 0 aliphatic rings. The largest absolute Gasteiger partial charge is 0.480 e. The van der Waals surface area contributed by atoms with Crippen molar-refractivity contribution in [3.63, 3.8) is 0 Å². The number of anilines is 1. The summed E-state index contributed by atoms with van der Waals surface area (Å²) < 4.78 is 0. The van der Waals surface area contributed by atoms with Crippen molar-refractivity contribution in [2.45, 2.75) is 26.3 Å². The SMILES string of the molecule is CCC(C(=O)O)N(C)C(=O)Nc1cncc(C)c1. The summed E-state index contributed by atoms with van der Waals surface area (Å²) in [4.78, 5) is 27.9. The molecule has 1 aromatic heterocycles. The fraction of sp³-hybridized carbons (Fsp3) is 0.417. The number of nitrogens with zero attached hydrogens (tertiary/aromatic N) is 2. The molecular formula is C12H17N3O3. The Hall–Kier alpha value is -2.11. The Morgan fingerprint density at radius 3 is 2.67 bits per heavy atom. The Morgan fingerprint density at radius 2 is 2.17 bits per heavy atom. The molecule has 6 heteroatoms. The third-order valence-corrected chi connectivity index (χ3v) is 2.59. The number of hydrogen-bond acceptors (Lipinski definition) is 3. The summed E-state index contributed by atoms with van der Waals surface area (Å²) in [5.41, 5.74) is 1.47. The molecule has 0 saturated heterocycles. The van der Waals surface area contributed by atoms with Crippen LogP contribution < -0.4 is 5.32 Å². The zero-order valence-corrected chi connectivity index (χ0v) is 10.7. The standard InChI is InChI=1S/C12H17N3O3/c1-4-10(11(16)17)15(3)12(18)14-9-5-8(2)6-13-7-9/h5-7,10H,4H2,1-3H3,(H,14,18)(H,16,17). The second-order valence-corrected chi connectivity index (χ2v) is 4.05. The fourth-order valence-electron chi connectivity index (χ4n) is 1.59. The fourth-order valence-corrected chi connectivity index (χ4v) is 1.59. The minimum absolute atomic E-state index is 0.353. The van der Waals surface area contributed by atoms with Crippen molar-refractivity contribution in [3.8, 4) is 0 Å². The summed E-state index contributed by atoms with van der Waals surface area (Å²) in [6.45, 7) is 3.58. The van der Waals surface area contributed by atoms with Crippen LogP contribution in [0.3, 0.4) is 0 Å². The second-order valence-electron chi connectivity index (χ2n) is 4.05. The van der Waals surface area contributed by atoms with E-state index in [1.807, 2.05) is 6.92 Å². The number of likely N-dealkylation sites (N-methyl/N-ethyl adjacent to an activating group) is 1. The molecule has 0 spiro atoms. The molecule has 0 aliphatic heterocycles. The number of aromatic nitrogens is 1. The van der Waals surface area contributed by atoms with Gasteiger partial charge in [0.15, 0.2) is 0 Å². The maximum atomic E-state index is 11.9. The molecule has 0 bridgehead atoms. The van der Waals surface area contributed by atoms with Gasteiger partial charge in [-0.25, -0.2) is 9.59 Å². The lowest BCUT2D eigenvalue weighted by Gasteiger charge is -2.23. The van der Waals surface area contributed by atoms with E-state index in [-0.39, 0.29) is 0 Å². The molecule has 1 unspecified atom stereocenters. The highest BCUT2D eigenvalue weighted by molar-refractivity contribution is 5.92. The number of nitrogens with one attached hydrogen (secondary N) is 1.